The van der Waals surface area contributed by atoms with Crippen LogP contribution in [0.25, 0.3) is 0 Å². The van der Waals surface area contributed by atoms with Crippen molar-refractivity contribution in [1.29, 1.82) is 0 Å². The van der Waals surface area contributed by atoms with Gasteiger partial charge in [-0.05, 0) is 43.0 Å². The molecule has 156 valence electrons. The molecule has 1 fully saturated rings. The molecule has 2 aromatic rings. The Labute approximate surface area is 172 Å². The molecule has 0 aliphatic carbocycles. The lowest BCUT2D eigenvalue weighted by molar-refractivity contribution is -0.114. The Morgan fingerprint density at radius 1 is 1.17 bits per heavy atom. The molecule has 1 saturated heterocycles. The topological polar surface area (TPSA) is 68.8 Å². The largest absolute Gasteiger partial charge is 0.491 e. The summed E-state index contributed by atoms with van der Waals surface area (Å²) in [6, 6.07) is 15.1. The molecule has 0 saturated carbocycles. The molecule has 6 nitrogen and oxygen atoms in total. The lowest BCUT2D eigenvalue weighted by Crippen LogP contribution is -2.22. The van der Waals surface area contributed by atoms with Crippen molar-refractivity contribution in [3.63, 3.8) is 0 Å². The minimum Gasteiger partial charge on any atom is -0.491 e. The number of para-hydroxylation sites is 2. The van der Waals surface area contributed by atoms with Crippen LogP contribution in [-0.2, 0) is 9.53 Å². The fraction of sp³-hybridized carbons (Fsp3) is 0.435. The van der Waals surface area contributed by atoms with Gasteiger partial charge in [0.1, 0.15) is 18.1 Å². The van der Waals surface area contributed by atoms with E-state index in [1.807, 2.05) is 48.5 Å². The van der Waals surface area contributed by atoms with Crippen LogP contribution in [-0.4, -0.2) is 38.4 Å². The van der Waals surface area contributed by atoms with E-state index >= 15 is 0 Å². The van der Waals surface area contributed by atoms with E-state index in [0.29, 0.717) is 30.6 Å². The van der Waals surface area contributed by atoms with Crippen LogP contribution in [0, 0.1) is 5.92 Å². The summed E-state index contributed by atoms with van der Waals surface area (Å²) in [5.74, 6) is 1.71. The fourth-order valence-electron chi connectivity index (χ4n) is 2.99. The van der Waals surface area contributed by atoms with E-state index in [0.717, 1.165) is 30.9 Å². The van der Waals surface area contributed by atoms with E-state index < -0.39 is 0 Å². The van der Waals surface area contributed by atoms with E-state index in [-0.39, 0.29) is 18.6 Å². The standard InChI is InChI=1S/C23H30N2O4/c1-17(2)15-29-22-11-4-3-10-21(22)25-23(26)14-24-18-7-5-8-19(13-18)28-16-20-9-6-12-27-20/h3-5,7-8,10-11,13,17,20,24H,6,9,12,14-16H2,1-2H3,(H,25,26). The average Bonchev–Trinajstić information content (AvgIpc) is 3.24. The molecule has 1 atom stereocenters. The van der Waals surface area contributed by atoms with Gasteiger partial charge in [0.25, 0.3) is 0 Å². The summed E-state index contributed by atoms with van der Waals surface area (Å²) < 4.78 is 17.2. The summed E-state index contributed by atoms with van der Waals surface area (Å²) in [6.07, 6.45) is 2.31. The first-order valence-electron chi connectivity index (χ1n) is 10.2. The minimum atomic E-state index is -0.142. The molecule has 1 amide bonds. The maximum Gasteiger partial charge on any atom is 0.243 e. The first-order valence-corrected chi connectivity index (χ1v) is 10.2. The molecule has 0 spiro atoms. The number of amides is 1. The molecule has 2 aromatic carbocycles. The van der Waals surface area contributed by atoms with Crippen LogP contribution in [0.1, 0.15) is 26.7 Å². The highest BCUT2D eigenvalue weighted by atomic mass is 16.5. The number of ether oxygens (including phenoxy) is 3. The van der Waals surface area contributed by atoms with Gasteiger partial charge < -0.3 is 24.8 Å². The zero-order chi connectivity index (χ0) is 20.5. The number of nitrogens with one attached hydrogen (secondary N) is 2. The molecule has 0 bridgehead atoms. The lowest BCUT2D eigenvalue weighted by Gasteiger charge is -2.15. The molecule has 3 rings (SSSR count). The van der Waals surface area contributed by atoms with Crippen LogP contribution in [0.15, 0.2) is 48.5 Å². The minimum absolute atomic E-state index is 0.142. The van der Waals surface area contributed by atoms with E-state index in [1.54, 1.807) is 0 Å². The molecule has 1 unspecified atom stereocenters. The summed E-state index contributed by atoms with van der Waals surface area (Å²) >= 11 is 0. The summed E-state index contributed by atoms with van der Waals surface area (Å²) in [4.78, 5) is 12.4. The zero-order valence-corrected chi connectivity index (χ0v) is 17.1. The fourth-order valence-corrected chi connectivity index (χ4v) is 2.99. The molecule has 1 aliphatic heterocycles. The van der Waals surface area contributed by atoms with Gasteiger partial charge in [-0.25, -0.2) is 0 Å². The quantitative estimate of drug-likeness (QED) is 0.623. The maximum atomic E-state index is 12.4. The first kappa shape index (κ1) is 21.0. The highest BCUT2D eigenvalue weighted by molar-refractivity contribution is 5.95. The number of rotatable bonds is 10. The lowest BCUT2D eigenvalue weighted by atomic mass is 10.2. The summed E-state index contributed by atoms with van der Waals surface area (Å²) in [5, 5.41) is 6.05. The Hall–Kier alpha value is -2.73. The molecule has 0 aromatic heterocycles. The first-order chi connectivity index (χ1) is 14.1. The second kappa shape index (κ2) is 10.7. The molecule has 1 aliphatic rings. The van der Waals surface area contributed by atoms with Crippen molar-refractivity contribution in [3.05, 3.63) is 48.5 Å². The van der Waals surface area contributed by atoms with Crippen LogP contribution < -0.4 is 20.1 Å². The third kappa shape index (κ3) is 6.98. The van der Waals surface area contributed by atoms with Crippen molar-refractivity contribution < 1.29 is 19.0 Å². The molecule has 29 heavy (non-hydrogen) atoms. The van der Waals surface area contributed by atoms with Gasteiger partial charge in [0.2, 0.25) is 5.91 Å². The predicted octanol–water partition coefficient (Wildman–Crippen LogP) is 4.33. The monoisotopic (exact) mass is 398 g/mol. The van der Waals surface area contributed by atoms with Gasteiger partial charge in [-0.2, -0.15) is 0 Å². The van der Waals surface area contributed by atoms with Gasteiger partial charge >= 0.3 is 0 Å². The number of hydrogen-bond acceptors (Lipinski definition) is 5. The zero-order valence-electron chi connectivity index (χ0n) is 17.1. The van der Waals surface area contributed by atoms with Gasteiger partial charge in [-0.3, -0.25) is 4.79 Å². The Morgan fingerprint density at radius 2 is 2.03 bits per heavy atom. The van der Waals surface area contributed by atoms with E-state index in [1.165, 1.54) is 0 Å². The van der Waals surface area contributed by atoms with Crippen molar-refractivity contribution >= 4 is 17.3 Å². The number of carbonyl (C=O) groups is 1. The number of carbonyl (C=O) groups excluding carboxylic acids is 1. The van der Waals surface area contributed by atoms with Crippen molar-refractivity contribution in [1.82, 2.24) is 0 Å². The van der Waals surface area contributed by atoms with Crippen molar-refractivity contribution in [3.8, 4) is 11.5 Å². The van der Waals surface area contributed by atoms with Gasteiger partial charge in [0.05, 0.1) is 24.9 Å². The summed E-state index contributed by atoms with van der Waals surface area (Å²) in [6.45, 7) is 6.29. The molecular weight excluding hydrogens is 368 g/mol. The number of hydrogen-bond donors (Lipinski definition) is 2. The van der Waals surface area contributed by atoms with Gasteiger partial charge in [0, 0.05) is 18.4 Å². The second-order valence-electron chi connectivity index (χ2n) is 7.58. The molecule has 0 radical (unpaired) electrons. The number of benzene rings is 2. The van der Waals surface area contributed by atoms with Gasteiger partial charge in [0.15, 0.2) is 0 Å². The van der Waals surface area contributed by atoms with Crippen LogP contribution in [0.2, 0.25) is 0 Å². The van der Waals surface area contributed by atoms with Gasteiger partial charge in [-0.15, -0.1) is 0 Å². The smallest absolute Gasteiger partial charge is 0.243 e. The van der Waals surface area contributed by atoms with Crippen LogP contribution in [0.4, 0.5) is 11.4 Å². The highest BCUT2D eigenvalue weighted by Gasteiger charge is 2.16. The Bertz CT molecular complexity index is 788. The highest BCUT2D eigenvalue weighted by Crippen LogP contribution is 2.24. The third-order valence-electron chi connectivity index (χ3n) is 4.48. The Balaban J connectivity index is 1.48. The normalized spacial score (nSPS) is 15.9. The van der Waals surface area contributed by atoms with Crippen LogP contribution >= 0.6 is 0 Å². The van der Waals surface area contributed by atoms with Crippen molar-refractivity contribution in [2.24, 2.45) is 5.92 Å². The average molecular weight is 399 g/mol. The Kier molecular flexibility index (Phi) is 7.76. The van der Waals surface area contributed by atoms with E-state index in [9.17, 15) is 4.79 Å². The molecule has 2 N–H and O–H groups in total. The summed E-state index contributed by atoms with van der Waals surface area (Å²) in [5.41, 5.74) is 1.50. The SMILES string of the molecule is CC(C)COc1ccccc1NC(=O)CNc1cccc(OCC2CCCO2)c1. The van der Waals surface area contributed by atoms with Crippen molar-refractivity contribution in [2.45, 2.75) is 32.8 Å². The molecular formula is C23H30N2O4. The Morgan fingerprint density at radius 3 is 2.83 bits per heavy atom. The van der Waals surface area contributed by atoms with Gasteiger partial charge in [-0.1, -0.05) is 32.0 Å². The summed E-state index contributed by atoms with van der Waals surface area (Å²) in [7, 11) is 0. The van der Waals surface area contributed by atoms with Crippen LogP contribution in [0.5, 0.6) is 11.5 Å². The number of anilines is 2. The maximum absolute atomic E-state index is 12.4. The molecule has 1 heterocycles. The van der Waals surface area contributed by atoms with E-state index in [4.69, 9.17) is 14.2 Å². The second-order valence-corrected chi connectivity index (χ2v) is 7.58. The molecule has 6 heteroatoms. The van der Waals surface area contributed by atoms with Crippen molar-refractivity contribution in [2.75, 3.05) is 37.0 Å². The predicted molar refractivity (Wildman–Crippen MR) is 115 cm³/mol. The van der Waals surface area contributed by atoms with Crippen LogP contribution in [0.3, 0.4) is 0 Å². The van der Waals surface area contributed by atoms with E-state index in [2.05, 4.69) is 24.5 Å². The third-order valence-corrected chi connectivity index (χ3v) is 4.48.